The van der Waals surface area contributed by atoms with Crippen LogP contribution in [-0.2, 0) is 11.2 Å². The van der Waals surface area contributed by atoms with E-state index in [0.717, 1.165) is 12.2 Å². The first-order chi connectivity index (χ1) is 11.2. The molecule has 2 rings (SSSR count). The maximum atomic E-state index is 12.1. The van der Waals surface area contributed by atoms with Gasteiger partial charge < -0.3 is 15.9 Å². The number of thioether (sulfide) groups is 2. The minimum atomic E-state index is -0.159. The lowest BCUT2D eigenvalue weighted by Crippen LogP contribution is -2.17. The zero-order chi connectivity index (χ0) is 16.7. The van der Waals surface area contributed by atoms with Crippen LogP contribution in [0.5, 0.6) is 5.75 Å². The van der Waals surface area contributed by atoms with Gasteiger partial charge >= 0.3 is 0 Å². The number of methoxy groups -OCH3 is 1. The average Bonchev–Trinajstić information content (AvgIpc) is 2.91. The Morgan fingerprint density at radius 1 is 1.39 bits per heavy atom. The molecule has 0 fully saturated rings. The molecule has 0 aliphatic carbocycles. The third kappa shape index (κ3) is 4.80. The first kappa shape index (κ1) is 17.5. The first-order valence-electron chi connectivity index (χ1n) is 6.89. The number of aromatic nitrogens is 3. The van der Waals surface area contributed by atoms with E-state index in [2.05, 4.69) is 15.5 Å². The number of nitrogens with one attached hydrogen (secondary N) is 1. The van der Waals surface area contributed by atoms with Crippen molar-refractivity contribution in [3.8, 4) is 5.75 Å². The summed E-state index contributed by atoms with van der Waals surface area (Å²) in [5.41, 5.74) is 0.635. The Bertz CT molecular complexity index is 662. The maximum absolute atomic E-state index is 12.1. The summed E-state index contributed by atoms with van der Waals surface area (Å²) in [6, 6.07) is 7.25. The van der Waals surface area contributed by atoms with Gasteiger partial charge in [-0.15, -0.1) is 10.2 Å². The summed E-state index contributed by atoms with van der Waals surface area (Å²) in [5, 5.41) is 11.4. The van der Waals surface area contributed by atoms with E-state index in [1.165, 1.54) is 16.4 Å². The molecule has 0 atom stereocenters. The number of anilines is 1. The van der Waals surface area contributed by atoms with Crippen LogP contribution in [0.1, 0.15) is 5.82 Å². The molecule has 0 aliphatic heterocycles. The summed E-state index contributed by atoms with van der Waals surface area (Å²) in [7, 11) is 1.56. The highest BCUT2D eigenvalue weighted by atomic mass is 32.2. The molecule has 9 heteroatoms. The Hall–Kier alpha value is -1.87. The molecule has 0 unspecified atom stereocenters. The van der Waals surface area contributed by atoms with E-state index in [-0.39, 0.29) is 11.7 Å². The molecule has 0 spiro atoms. The van der Waals surface area contributed by atoms with E-state index in [4.69, 9.17) is 10.6 Å². The lowest BCUT2D eigenvalue weighted by molar-refractivity contribution is -0.113. The van der Waals surface area contributed by atoms with Gasteiger partial charge in [-0.05, 0) is 18.4 Å². The van der Waals surface area contributed by atoms with Crippen molar-refractivity contribution in [3.05, 3.63) is 30.1 Å². The Labute approximate surface area is 143 Å². The van der Waals surface area contributed by atoms with Gasteiger partial charge in [-0.2, -0.15) is 11.8 Å². The van der Waals surface area contributed by atoms with Gasteiger partial charge in [0.15, 0.2) is 5.82 Å². The second-order valence-corrected chi connectivity index (χ2v) is 6.48. The Balaban J connectivity index is 1.90. The normalized spacial score (nSPS) is 10.5. The van der Waals surface area contributed by atoms with Crippen molar-refractivity contribution in [1.82, 2.24) is 14.9 Å². The van der Waals surface area contributed by atoms with E-state index < -0.39 is 0 Å². The smallest absolute Gasteiger partial charge is 0.234 e. The van der Waals surface area contributed by atoms with Gasteiger partial charge in [0.1, 0.15) is 5.75 Å². The van der Waals surface area contributed by atoms with Gasteiger partial charge in [0.2, 0.25) is 11.1 Å². The first-order valence-corrected chi connectivity index (χ1v) is 9.27. The summed E-state index contributed by atoms with van der Waals surface area (Å²) in [6.45, 7) is 0. The number of hydrogen-bond acceptors (Lipinski definition) is 7. The second-order valence-electron chi connectivity index (χ2n) is 4.55. The number of hydrogen-bond donors (Lipinski definition) is 2. The zero-order valence-corrected chi connectivity index (χ0v) is 14.6. The molecule has 2 aromatic rings. The number of nitrogens with zero attached hydrogens (tertiary/aromatic N) is 3. The predicted molar refractivity (Wildman–Crippen MR) is 94.6 cm³/mol. The van der Waals surface area contributed by atoms with E-state index in [9.17, 15) is 4.79 Å². The highest BCUT2D eigenvalue weighted by Crippen LogP contribution is 2.23. The number of aryl methyl sites for hydroxylation is 1. The molecule has 0 saturated carbocycles. The monoisotopic (exact) mass is 353 g/mol. The van der Waals surface area contributed by atoms with Crippen molar-refractivity contribution >= 4 is 35.1 Å². The molecule has 7 nitrogen and oxygen atoms in total. The van der Waals surface area contributed by atoms with E-state index >= 15 is 0 Å². The van der Waals surface area contributed by atoms with Crippen LogP contribution in [0.4, 0.5) is 5.69 Å². The summed E-state index contributed by atoms with van der Waals surface area (Å²) >= 11 is 2.96. The molecular formula is C14H19N5O2S2. The minimum Gasteiger partial charge on any atom is -0.495 e. The van der Waals surface area contributed by atoms with Crippen molar-refractivity contribution in [2.24, 2.45) is 0 Å². The van der Waals surface area contributed by atoms with Gasteiger partial charge in [-0.25, -0.2) is 4.68 Å². The number of carbonyl (C=O) groups is 1. The molecule has 1 heterocycles. The van der Waals surface area contributed by atoms with Crippen LogP contribution in [0.2, 0.25) is 0 Å². The number of nitrogens with two attached hydrogens (primary N) is 1. The van der Waals surface area contributed by atoms with Gasteiger partial charge in [-0.3, -0.25) is 4.79 Å². The number of ether oxygens (including phenoxy) is 1. The molecule has 0 bridgehead atoms. The summed E-state index contributed by atoms with van der Waals surface area (Å²) < 4.78 is 6.64. The summed E-state index contributed by atoms with van der Waals surface area (Å²) in [4.78, 5) is 12.1. The van der Waals surface area contributed by atoms with Crippen molar-refractivity contribution in [2.75, 3.05) is 36.0 Å². The minimum absolute atomic E-state index is 0.159. The Kier molecular flexibility index (Phi) is 6.60. The fraction of sp³-hybridized carbons (Fsp3) is 0.357. The van der Waals surface area contributed by atoms with Crippen molar-refractivity contribution < 1.29 is 9.53 Å². The van der Waals surface area contributed by atoms with Gasteiger partial charge in [0.25, 0.3) is 0 Å². The molecule has 23 heavy (non-hydrogen) atoms. The number of nitrogen functional groups attached to an aromatic ring is 1. The van der Waals surface area contributed by atoms with Crippen LogP contribution in [0, 0.1) is 0 Å². The van der Waals surface area contributed by atoms with E-state index in [0.29, 0.717) is 22.4 Å². The zero-order valence-electron chi connectivity index (χ0n) is 13.0. The third-order valence-corrected chi connectivity index (χ3v) is 4.53. The van der Waals surface area contributed by atoms with Crippen LogP contribution in [0.3, 0.4) is 0 Å². The van der Waals surface area contributed by atoms with Crippen LogP contribution in [0.15, 0.2) is 29.4 Å². The van der Waals surface area contributed by atoms with Gasteiger partial charge in [0, 0.05) is 12.2 Å². The van der Waals surface area contributed by atoms with Crippen LogP contribution in [0.25, 0.3) is 0 Å². The maximum Gasteiger partial charge on any atom is 0.234 e. The van der Waals surface area contributed by atoms with Gasteiger partial charge in [-0.1, -0.05) is 23.9 Å². The lowest BCUT2D eigenvalue weighted by atomic mass is 10.3. The SMILES string of the molecule is COc1ccccc1NC(=O)CSc1nnc(CCSC)n1N. The summed E-state index contributed by atoms with van der Waals surface area (Å²) in [5.74, 6) is 8.23. The Morgan fingerprint density at radius 2 is 2.17 bits per heavy atom. The average molecular weight is 353 g/mol. The third-order valence-electron chi connectivity index (χ3n) is 2.98. The number of rotatable bonds is 8. The number of benzene rings is 1. The van der Waals surface area contributed by atoms with Crippen molar-refractivity contribution in [3.63, 3.8) is 0 Å². The highest BCUT2D eigenvalue weighted by Gasteiger charge is 2.13. The second kappa shape index (κ2) is 8.68. The molecule has 3 N–H and O–H groups in total. The van der Waals surface area contributed by atoms with Crippen molar-refractivity contribution in [2.45, 2.75) is 11.6 Å². The van der Waals surface area contributed by atoms with Crippen LogP contribution < -0.4 is 15.9 Å². The Morgan fingerprint density at radius 3 is 2.91 bits per heavy atom. The van der Waals surface area contributed by atoms with Crippen LogP contribution >= 0.6 is 23.5 Å². The molecule has 1 aromatic carbocycles. The lowest BCUT2D eigenvalue weighted by Gasteiger charge is -2.09. The standard InChI is InChI=1S/C14H19N5O2S2/c1-21-11-6-4-3-5-10(11)16-13(20)9-23-14-18-17-12(19(14)15)7-8-22-2/h3-6H,7-9,15H2,1-2H3,(H,16,20). The van der Waals surface area contributed by atoms with E-state index in [1.807, 2.05) is 18.4 Å². The molecular weight excluding hydrogens is 334 g/mol. The highest BCUT2D eigenvalue weighted by molar-refractivity contribution is 7.99. The number of para-hydroxylation sites is 2. The van der Waals surface area contributed by atoms with E-state index in [1.54, 1.807) is 31.0 Å². The molecule has 0 aliphatic rings. The van der Waals surface area contributed by atoms with Crippen molar-refractivity contribution in [1.29, 1.82) is 0 Å². The number of carbonyl (C=O) groups excluding carboxylic acids is 1. The topological polar surface area (TPSA) is 95.1 Å². The molecule has 0 saturated heterocycles. The fourth-order valence-corrected chi connectivity index (χ4v) is 2.90. The molecule has 1 amide bonds. The fourth-order valence-electron chi connectivity index (χ4n) is 1.83. The summed E-state index contributed by atoms with van der Waals surface area (Å²) in [6.07, 6.45) is 2.77. The predicted octanol–water partition coefficient (Wildman–Crippen LogP) is 1.64. The van der Waals surface area contributed by atoms with Gasteiger partial charge in [0.05, 0.1) is 18.6 Å². The molecule has 0 radical (unpaired) electrons. The molecule has 1 aromatic heterocycles. The quantitative estimate of drug-likeness (QED) is 0.550. The number of amides is 1. The molecule has 124 valence electrons. The van der Waals surface area contributed by atoms with Crippen LogP contribution in [-0.4, -0.2) is 45.7 Å². The largest absolute Gasteiger partial charge is 0.495 e.